The Kier molecular flexibility index (Phi) is 7.37. The zero-order valence-electron chi connectivity index (χ0n) is 17.1. The van der Waals surface area contributed by atoms with Crippen LogP contribution in [0.1, 0.15) is 27.0 Å². The van der Waals surface area contributed by atoms with E-state index in [2.05, 4.69) is 10.1 Å². The van der Waals surface area contributed by atoms with Crippen LogP contribution in [0.25, 0.3) is 6.08 Å². The number of nitriles is 1. The Morgan fingerprint density at radius 3 is 2.47 bits per heavy atom. The minimum Gasteiger partial charge on any atom is -0.465 e. The number of esters is 1. The summed E-state index contributed by atoms with van der Waals surface area (Å²) in [6, 6.07) is 19.4. The van der Waals surface area contributed by atoms with Crippen LogP contribution in [0.15, 0.2) is 72.3 Å². The van der Waals surface area contributed by atoms with Crippen LogP contribution in [-0.2, 0) is 16.0 Å². The fraction of sp³-hybridized carbons (Fsp3) is 0.0800. The van der Waals surface area contributed by atoms with Crippen molar-refractivity contribution in [3.05, 3.63) is 105 Å². The number of halogens is 2. The number of carbonyl (C=O) groups is 2. The Morgan fingerprint density at radius 2 is 1.81 bits per heavy atom. The summed E-state index contributed by atoms with van der Waals surface area (Å²) < 4.78 is 18.7. The van der Waals surface area contributed by atoms with Gasteiger partial charge in [0.15, 0.2) is 0 Å². The third-order valence-corrected chi connectivity index (χ3v) is 4.91. The number of ether oxygens (including phenoxy) is 1. The van der Waals surface area contributed by atoms with E-state index in [4.69, 9.17) is 11.6 Å². The largest absolute Gasteiger partial charge is 0.465 e. The van der Waals surface area contributed by atoms with Gasteiger partial charge in [-0.15, -0.1) is 0 Å². The summed E-state index contributed by atoms with van der Waals surface area (Å²) in [5, 5.41) is 12.6. The number of methoxy groups -OCH3 is 1. The summed E-state index contributed by atoms with van der Waals surface area (Å²) in [5.41, 5.74) is 2.31. The molecule has 0 radical (unpaired) electrons. The van der Waals surface area contributed by atoms with Gasteiger partial charge >= 0.3 is 5.97 Å². The van der Waals surface area contributed by atoms with Crippen LogP contribution in [0.2, 0.25) is 5.02 Å². The summed E-state index contributed by atoms with van der Waals surface area (Å²) in [5.74, 6) is -1.47. The van der Waals surface area contributed by atoms with Crippen molar-refractivity contribution in [2.24, 2.45) is 0 Å². The van der Waals surface area contributed by atoms with Gasteiger partial charge in [0.2, 0.25) is 0 Å². The lowest BCUT2D eigenvalue weighted by Crippen LogP contribution is -2.13. The molecule has 32 heavy (non-hydrogen) atoms. The minimum atomic E-state index is -0.630. The summed E-state index contributed by atoms with van der Waals surface area (Å²) >= 11 is 6.11. The number of nitrogens with zero attached hydrogens (tertiary/aromatic N) is 1. The van der Waals surface area contributed by atoms with Crippen molar-refractivity contribution in [2.45, 2.75) is 6.42 Å². The first kappa shape index (κ1) is 22.7. The maximum atomic E-state index is 14.1. The molecule has 0 spiro atoms. The van der Waals surface area contributed by atoms with Crippen LogP contribution in [0, 0.1) is 17.1 Å². The zero-order valence-corrected chi connectivity index (χ0v) is 17.8. The van der Waals surface area contributed by atoms with Gasteiger partial charge in [-0.25, -0.2) is 9.18 Å². The second kappa shape index (κ2) is 10.4. The molecule has 0 aromatic heterocycles. The van der Waals surface area contributed by atoms with Crippen molar-refractivity contribution in [3.63, 3.8) is 0 Å². The fourth-order valence-corrected chi connectivity index (χ4v) is 3.20. The Balaban J connectivity index is 1.86. The van der Waals surface area contributed by atoms with Crippen LogP contribution < -0.4 is 5.32 Å². The van der Waals surface area contributed by atoms with E-state index in [1.165, 1.54) is 43.5 Å². The van der Waals surface area contributed by atoms with Gasteiger partial charge < -0.3 is 10.1 Å². The number of benzene rings is 3. The van der Waals surface area contributed by atoms with Crippen molar-refractivity contribution in [2.75, 3.05) is 12.4 Å². The monoisotopic (exact) mass is 448 g/mol. The zero-order chi connectivity index (χ0) is 23.1. The summed E-state index contributed by atoms with van der Waals surface area (Å²) in [7, 11) is 1.28. The van der Waals surface area contributed by atoms with E-state index in [-0.39, 0.29) is 17.8 Å². The first-order valence-electron chi connectivity index (χ1n) is 9.54. The molecule has 0 fully saturated rings. The highest BCUT2D eigenvalue weighted by molar-refractivity contribution is 6.30. The highest BCUT2D eigenvalue weighted by Crippen LogP contribution is 2.23. The third kappa shape index (κ3) is 5.60. The Labute approximate surface area is 189 Å². The predicted octanol–water partition coefficient (Wildman–Crippen LogP) is 5.40. The lowest BCUT2D eigenvalue weighted by Gasteiger charge is -2.10. The number of hydrogen-bond acceptors (Lipinski definition) is 4. The minimum absolute atomic E-state index is 0.154. The maximum absolute atomic E-state index is 14.1. The van der Waals surface area contributed by atoms with Gasteiger partial charge in [0, 0.05) is 17.1 Å². The van der Waals surface area contributed by atoms with Crippen molar-refractivity contribution >= 4 is 35.2 Å². The van der Waals surface area contributed by atoms with Crippen molar-refractivity contribution in [1.29, 1.82) is 5.26 Å². The Bertz CT molecular complexity index is 1230. The molecule has 0 saturated carbocycles. The molecule has 0 aliphatic rings. The molecule has 5 nitrogen and oxygen atoms in total. The van der Waals surface area contributed by atoms with E-state index in [0.29, 0.717) is 33.0 Å². The van der Waals surface area contributed by atoms with E-state index >= 15 is 0 Å². The number of amides is 1. The Hall–Kier alpha value is -3.95. The molecule has 0 aliphatic heterocycles. The van der Waals surface area contributed by atoms with Crippen LogP contribution >= 0.6 is 11.6 Å². The second-order valence-corrected chi connectivity index (χ2v) is 7.24. The fourth-order valence-electron chi connectivity index (χ4n) is 3.02. The lowest BCUT2D eigenvalue weighted by atomic mass is 9.98. The molecule has 0 heterocycles. The molecular formula is C25H18ClFN2O3. The van der Waals surface area contributed by atoms with Crippen LogP contribution in [0.5, 0.6) is 0 Å². The van der Waals surface area contributed by atoms with Crippen LogP contribution in [0.3, 0.4) is 0 Å². The van der Waals surface area contributed by atoms with E-state index in [0.717, 1.165) is 0 Å². The molecule has 0 aliphatic carbocycles. The number of carbonyl (C=O) groups excluding carboxylic acids is 2. The third-order valence-electron chi connectivity index (χ3n) is 4.68. The van der Waals surface area contributed by atoms with E-state index in [1.807, 2.05) is 6.07 Å². The average Bonchev–Trinajstić information content (AvgIpc) is 2.80. The van der Waals surface area contributed by atoms with Gasteiger partial charge in [0.25, 0.3) is 5.91 Å². The SMILES string of the molecule is COC(=O)c1ccc(NC(=O)/C(C#N)=C/c2cc(Cl)ccc2Cc2ccccc2F)cc1. The predicted molar refractivity (Wildman–Crippen MR) is 121 cm³/mol. The van der Waals surface area contributed by atoms with E-state index < -0.39 is 11.9 Å². The molecule has 0 bridgehead atoms. The van der Waals surface area contributed by atoms with E-state index in [1.54, 1.807) is 36.4 Å². The molecule has 3 aromatic rings. The summed E-state index contributed by atoms with van der Waals surface area (Å²) in [6.45, 7) is 0. The second-order valence-electron chi connectivity index (χ2n) is 6.80. The van der Waals surface area contributed by atoms with Crippen LogP contribution in [-0.4, -0.2) is 19.0 Å². The highest BCUT2D eigenvalue weighted by atomic mass is 35.5. The van der Waals surface area contributed by atoms with E-state index in [9.17, 15) is 19.2 Å². The molecule has 1 N–H and O–H groups in total. The molecule has 3 rings (SSSR count). The van der Waals surface area contributed by atoms with Gasteiger partial charge in [-0.1, -0.05) is 35.9 Å². The molecule has 0 saturated heterocycles. The molecule has 0 atom stereocenters. The van der Waals surface area contributed by atoms with Crippen molar-refractivity contribution < 1.29 is 18.7 Å². The standard InChI is InChI=1S/C25H18ClFN2O3/c1-32-25(31)16-7-10-22(11-8-16)29-24(30)20(15-28)13-19-14-21(26)9-6-17(19)12-18-4-2-3-5-23(18)27/h2-11,13-14H,12H2,1H3,(H,29,30)/b20-13+. The highest BCUT2D eigenvalue weighted by Gasteiger charge is 2.13. The van der Waals surface area contributed by atoms with Gasteiger partial charge in [-0.2, -0.15) is 5.26 Å². The molecule has 0 unspecified atom stereocenters. The average molecular weight is 449 g/mol. The van der Waals surface area contributed by atoms with Gasteiger partial charge in [0.05, 0.1) is 12.7 Å². The summed E-state index contributed by atoms with van der Waals surface area (Å²) in [4.78, 5) is 24.2. The number of hydrogen-bond donors (Lipinski definition) is 1. The maximum Gasteiger partial charge on any atom is 0.337 e. The molecule has 7 heteroatoms. The number of anilines is 1. The first-order chi connectivity index (χ1) is 15.4. The van der Waals surface area contributed by atoms with Crippen molar-refractivity contribution in [1.82, 2.24) is 0 Å². The molecule has 3 aromatic carbocycles. The molecule has 1 amide bonds. The topological polar surface area (TPSA) is 79.2 Å². The van der Waals surface area contributed by atoms with Crippen LogP contribution in [0.4, 0.5) is 10.1 Å². The lowest BCUT2D eigenvalue weighted by molar-refractivity contribution is -0.112. The van der Waals surface area contributed by atoms with Gasteiger partial charge in [0.1, 0.15) is 17.5 Å². The molecular weight excluding hydrogens is 431 g/mol. The summed E-state index contributed by atoms with van der Waals surface area (Å²) in [6.07, 6.45) is 1.69. The number of nitrogens with one attached hydrogen (secondary N) is 1. The first-order valence-corrected chi connectivity index (χ1v) is 9.92. The van der Waals surface area contributed by atoms with Gasteiger partial charge in [-0.3, -0.25) is 4.79 Å². The number of rotatable bonds is 6. The quantitative estimate of drug-likeness (QED) is 0.311. The Morgan fingerprint density at radius 1 is 1.09 bits per heavy atom. The molecule has 160 valence electrons. The normalized spacial score (nSPS) is 10.9. The van der Waals surface area contributed by atoms with Gasteiger partial charge in [-0.05, 0) is 65.2 Å². The smallest absolute Gasteiger partial charge is 0.337 e. The van der Waals surface area contributed by atoms with Crippen molar-refractivity contribution in [3.8, 4) is 6.07 Å².